The van der Waals surface area contributed by atoms with Crippen molar-refractivity contribution in [2.45, 2.75) is 70.1 Å². The van der Waals surface area contributed by atoms with Crippen LogP contribution in [0.4, 0.5) is 0 Å². The number of nitrogens with zero attached hydrogens (tertiary/aromatic N) is 2. The molecule has 2 rings (SSSR count). The molecule has 4 nitrogen and oxygen atoms in total. The first-order valence-corrected chi connectivity index (χ1v) is 7.75. The lowest BCUT2D eigenvalue weighted by Crippen LogP contribution is -2.54. The Morgan fingerprint density at radius 3 is 2.32 bits per heavy atom. The third-order valence-electron chi connectivity index (χ3n) is 4.69. The summed E-state index contributed by atoms with van der Waals surface area (Å²) in [7, 11) is 3.71. The number of hydrogen-bond acceptors (Lipinski definition) is 3. The normalized spacial score (nSPS) is 31.5. The summed E-state index contributed by atoms with van der Waals surface area (Å²) in [5.41, 5.74) is 0. The Morgan fingerprint density at radius 1 is 1.26 bits per heavy atom. The first kappa shape index (κ1) is 14.8. The molecule has 1 N–H and O–H groups in total. The average molecular weight is 267 g/mol. The van der Waals surface area contributed by atoms with Crippen LogP contribution in [-0.4, -0.2) is 60.5 Å². The number of hydrogen-bond donors (Lipinski definition) is 1. The van der Waals surface area contributed by atoms with E-state index in [0.717, 1.165) is 13.0 Å². The molecule has 0 aromatic heterocycles. The third-order valence-corrected chi connectivity index (χ3v) is 4.69. The highest BCUT2D eigenvalue weighted by atomic mass is 16.2. The summed E-state index contributed by atoms with van der Waals surface area (Å²) in [4.78, 5) is 16.4. The number of fused-ring (bicyclic) bond motifs is 2. The van der Waals surface area contributed by atoms with Gasteiger partial charge in [-0.05, 0) is 45.6 Å². The summed E-state index contributed by atoms with van der Waals surface area (Å²) in [6.45, 7) is 5.31. The van der Waals surface area contributed by atoms with E-state index >= 15 is 0 Å². The number of likely N-dealkylation sites (N-methyl/N-ethyl adjacent to an activating group) is 1. The van der Waals surface area contributed by atoms with Gasteiger partial charge in [0.25, 0.3) is 0 Å². The predicted molar refractivity (Wildman–Crippen MR) is 78.1 cm³/mol. The maximum absolute atomic E-state index is 12.2. The molecule has 2 bridgehead atoms. The van der Waals surface area contributed by atoms with E-state index in [0.29, 0.717) is 18.1 Å². The topological polar surface area (TPSA) is 35.6 Å². The van der Waals surface area contributed by atoms with Crippen molar-refractivity contribution in [3.8, 4) is 0 Å². The van der Waals surface area contributed by atoms with Crippen LogP contribution in [0.1, 0.15) is 46.0 Å². The Labute approximate surface area is 117 Å². The number of carbonyl (C=O) groups is 1. The Kier molecular flexibility index (Phi) is 4.85. The molecule has 0 saturated carbocycles. The minimum atomic E-state index is 0.0115. The minimum absolute atomic E-state index is 0.0115. The van der Waals surface area contributed by atoms with Crippen molar-refractivity contribution in [1.29, 1.82) is 0 Å². The zero-order valence-corrected chi connectivity index (χ0v) is 12.9. The summed E-state index contributed by atoms with van der Waals surface area (Å²) in [6, 6.07) is 1.96. The molecule has 19 heavy (non-hydrogen) atoms. The van der Waals surface area contributed by atoms with Crippen LogP contribution in [0.2, 0.25) is 0 Å². The van der Waals surface area contributed by atoms with Gasteiger partial charge in [0.15, 0.2) is 0 Å². The fraction of sp³-hybridized carbons (Fsp3) is 0.933. The lowest BCUT2D eigenvalue weighted by Gasteiger charge is -2.41. The van der Waals surface area contributed by atoms with Gasteiger partial charge in [0.1, 0.15) is 0 Å². The molecule has 2 saturated heterocycles. The molecule has 0 radical (unpaired) electrons. The maximum Gasteiger partial charge on any atom is 0.239 e. The molecule has 110 valence electrons. The van der Waals surface area contributed by atoms with Gasteiger partial charge in [-0.1, -0.05) is 6.92 Å². The second-order valence-corrected chi connectivity index (χ2v) is 6.41. The fourth-order valence-electron chi connectivity index (χ4n) is 3.76. The number of rotatable bonds is 5. The molecule has 0 aromatic carbocycles. The first-order chi connectivity index (χ1) is 9.02. The molecular formula is C15H29N3O. The van der Waals surface area contributed by atoms with Crippen LogP contribution in [0.3, 0.4) is 0 Å². The molecule has 1 amide bonds. The van der Waals surface area contributed by atoms with Crippen LogP contribution in [0.25, 0.3) is 0 Å². The van der Waals surface area contributed by atoms with Crippen molar-refractivity contribution in [1.82, 2.24) is 15.1 Å². The van der Waals surface area contributed by atoms with Gasteiger partial charge in [-0.2, -0.15) is 0 Å². The SMILES string of the molecule is CCCN(C1CC2CCC(C1)N2)C(C)C(=O)N(C)C. The molecule has 2 aliphatic heterocycles. The summed E-state index contributed by atoms with van der Waals surface area (Å²) in [5.74, 6) is 0.235. The van der Waals surface area contributed by atoms with Crippen LogP contribution < -0.4 is 5.32 Å². The van der Waals surface area contributed by atoms with E-state index in [2.05, 4.69) is 24.1 Å². The molecule has 0 aromatic rings. The van der Waals surface area contributed by atoms with Crippen molar-refractivity contribution < 1.29 is 4.79 Å². The lowest BCUT2D eigenvalue weighted by atomic mass is 9.96. The van der Waals surface area contributed by atoms with E-state index < -0.39 is 0 Å². The average Bonchev–Trinajstić information content (AvgIpc) is 2.73. The first-order valence-electron chi connectivity index (χ1n) is 7.75. The number of amides is 1. The highest BCUT2D eigenvalue weighted by Crippen LogP contribution is 2.30. The molecule has 3 unspecified atom stereocenters. The zero-order chi connectivity index (χ0) is 14.0. The Balaban J connectivity index is 2.04. The number of carbonyl (C=O) groups excluding carboxylic acids is 1. The van der Waals surface area contributed by atoms with Crippen molar-refractivity contribution in [3.05, 3.63) is 0 Å². The van der Waals surface area contributed by atoms with E-state index in [1.165, 1.54) is 25.7 Å². The Morgan fingerprint density at radius 2 is 1.84 bits per heavy atom. The Hall–Kier alpha value is -0.610. The van der Waals surface area contributed by atoms with Crippen LogP contribution in [0.15, 0.2) is 0 Å². The lowest BCUT2D eigenvalue weighted by molar-refractivity contribution is -0.135. The van der Waals surface area contributed by atoms with Gasteiger partial charge in [-0.25, -0.2) is 0 Å². The molecule has 2 aliphatic rings. The smallest absolute Gasteiger partial charge is 0.239 e. The highest BCUT2D eigenvalue weighted by molar-refractivity contribution is 5.81. The number of nitrogens with one attached hydrogen (secondary N) is 1. The summed E-state index contributed by atoms with van der Waals surface area (Å²) in [6.07, 6.45) is 6.17. The molecule has 2 heterocycles. The molecule has 4 heteroatoms. The van der Waals surface area contributed by atoms with Crippen molar-refractivity contribution in [3.63, 3.8) is 0 Å². The van der Waals surface area contributed by atoms with Crippen LogP contribution in [0, 0.1) is 0 Å². The van der Waals surface area contributed by atoms with E-state index in [4.69, 9.17) is 0 Å². The summed E-state index contributed by atoms with van der Waals surface area (Å²) >= 11 is 0. The summed E-state index contributed by atoms with van der Waals surface area (Å²) < 4.78 is 0. The molecule has 0 aliphatic carbocycles. The zero-order valence-electron chi connectivity index (χ0n) is 12.9. The number of piperidine rings is 1. The quantitative estimate of drug-likeness (QED) is 0.819. The van der Waals surface area contributed by atoms with Gasteiger partial charge in [0.2, 0.25) is 5.91 Å². The Bertz CT molecular complexity index is 307. The standard InChI is InChI=1S/C15H29N3O/c1-5-8-18(11(2)15(19)17(3)4)14-9-12-6-7-13(10-14)16-12/h11-14,16H,5-10H2,1-4H3. The monoisotopic (exact) mass is 267 g/mol. The third kappa shape index (κ3) is 3.29. The van der Waals surface area contributed by atoms with Gasteiger partial charge in [-0.3, -0.25) is 9.69 Å². The largest absolute Gasteiger partial charge is 0.347 e. The molecule has 0 spiro atoms. The predicted octanol–water partition coefficient (Wildman–Crippen LogP) is 1.46. The molecular weight excluding hydrogens is 238 g/mol. The van der Waals surface area contributed by atoms with E-state index in [1.54, 1.807) is 4.90 Å². The van der Waals surface area contributed by atoms with Crippen LogP contribution in [0.5, 0.6) is 0 Å². The van der Waals surface area contributed by atoms with Gasteiger partial charge < -0.3 is 10.2 Å². The molecule has 3 atom stereocenters. The summed E-state index contributed by atoms with van der Waals surface area (Å²) in [5, 5.41) is 3.69. The van der Waals surface area contributed by atoms with Gasteiger partial charge in [-0.15, -0.1) is 0 Å². The second kappa shape index (κ2) is 6.23. The van der Waals surface area contributed by atoms with E-state index in [-0.39, 0.29) is 11.9 Å². The van der Waals surface area contributed by atoms with Gasteiger partial charge >= 0.3 is 0 Å². The van der Waals surface area contributed by atoms with Crippen LogP contribution in [-0.2, 0) is 4.79 Å². The fourth-order valence-corrected chi connectivity index (χ4v) is 3.76. The van der Waals surface area contributed by atoms with Crippen molar-refractivity contribution >= 4 is 5.91 Å². The minimum Gasteiger partial charge on any atom is -0.347 e. The van der Waals surface area contributed by atoms with Crippen molar-refractivity contribution in [2.24, 2.45) is 0 Å². The van der Waals surface area contributed by atoms with Crippen molar-refractivity contribution in [2.75, 3.05) is 20.6 Å². The van der Waals surface area contributed by atoms with E-state index in [1.807, 2.05) is 14.1 Å². The van der Waals surface area contributed by atoms with Gasteiger partial charge in [0, 0.05) is 32.2 Å². The van der Waals surface area contributed by atoms with Crippen LogP contribution >= 0.6 is 0 Å². The molecule has 2 fully saturated rings. The second-order valence-electron chi connectivity index (χ2n) is 6.41. The van der Waals surface area contributed by atoms with Gasteiger partial charge in [0.05, 0.1) is 6.04 Å². The maximum atomic E-state index is 12.2. The van der Waals surface area contributed by atoms with E-state index in [9.17, 15) is 4.79 Å². The highest BCUT2D eigenvalue weighted by Gasteiger charge is 2.38.